The van der Waals surface area contributed by atoms with Gasteiger partial charge in [0.15, 0.2) is 5.17 Å². The van der Waals surface area contributed by atoms with Crippen LogP contribution < -0.4 is 4.90 Å². The molecule has 0 aromatic heterocycles. The first-order chi connectivity index (χ1) is 13.5. The highest BCUT2D eigenvalue weighted by Gasteiger charge is 2.30. The molecule has 2 aliphatic heterocycles. The highest BCUT2D eigenvalue weighted by Crippen LogP contribution is 2.35. The lowest BCUT2D eigenvalue weighted by Crippen LogP contribution is -2.23. The normalized spacial score (nSPS) is 20.0. The first kappa shape index (κ1) is 18.7. The van der Waals surface area contributed by atoms with Crippen LogP contribution in [0.3, 0.4) is 0 Å². The van der Waals surface area contributed by atoms with Crippen LogP contribution in [0.4, 0.5) is 15.8 Å². The summed E-state index contributed by atoms with van der Waals surface area (Å²) in [5.74, 6) is -0.357. The molecule has 144 valence electrons. The Labute approximate surface area is 168 Å². The van der Waals surface area contributed by atoms with E-state index in [-0.39, 0.29) is 11.7 Å². The maximum absolute atomic E-state index is 14.7. The summed E-state index contributed by atoms with van der Waals surface area (Å²) in [5, 5.41) is 0.620. The number of amidine groups is 1. The Kier molecular flexibility index (Phi) is 5.22. The smallest absolute Gasteiger partial charge is 0.266 e. The van der Waals surface area contributed by atoms with Crippen molar-refractivity contribution in [1.82, 2.24) is 4.90 Å². The topological polar surface area (TPSA) is 35.9 Å². The third-order valence-electron chi connectivity index (χ3n) is 5.05. The maximum atomic E-state index is 14.7. The largest absolute Gasteiger partial charge is 0.369 e. The lowest BCUT2D eigenvalue weighted by Gasteiger charge is -2.19. The van der Waals surface area contributed by atoms with Crippen LogP contribution in [0.1, 0.15) is 24.0 Å². The van der Waals surface area contributed by atoms with E-state index in [1.165, 1.54) is 22.7 Å². The van der Waals surface area contributed by atoms with E-state index in [1.807, 2.05) is 43.3 Å². The van der Waals surface area contributed by atoms with E-state index >= 15 is 0 Å². The molecular weight excluding hydrogens is 373 g/mol. The van der Waals surface area contributed by atoms with Crippen molar-refractivity contribution in [3.8, 4) is 0 Å². The molecule has 0 unspecified atom stereocenters. The van der Waals surface area contributed by atoms with E-state index in [0.717, 1.165) is 42.7 Å². The molecule has 1 amide bonds. The fourth-order valence-corrected chi connectivity index (χ4v) is 4.42. The number of rotatable bonds is 3. The number of likely N-dealkylation sites (N-methyl/N-ethyl adjacent to an activating group) is 1. The number of hydrogen-bond donors (Lipinski definition) is 0. The van der Waals surface area contributed by atoms with Gasteiger partial charge in [-0.2, -0.15) is 0 Å². The number of carbonyl (C=O) groups is 1. The van der Waals surface area contributed by atoms with Crippen LogP contribution in [0, 0.1) is 12.7 Å². The number of halogens is 1. The Hall–Kier alpha value is -2.60. The van der Waals surface area contributed by atoms with Crippen molar-refractivity contribution >= 4 is 40.3 Å². The summed E-state index contributed by atoms with van der Waals surface area (Å²) in [7, 11) is 1.71. The van der Waals surface area contributed by atoms with Crippen LogP contribution in [-0.4, -0.2) is 36.1 Å². The van der Waals surface area contributed by atoms with E-state index in [0.29, 0.717) is 15.8 Å². The summed E-state index contributed by atoms with van der Waals surface area (Å²) in [5.41, 5.74) is 3.14. The molecule has 0 atom stereocenters. The van der Waals surface area contributed by atoms with Gasteiger partial charge >= 0.3 is 0 Å². The van der Waals surface area contributed by atoms with Crippen LogP contribution in [0.25, 0.3) is 6.08 Å². The van der Waals surface area contributed by atoms with Gasteiger partial charge in [0.2, 0.25) is 0 Å². The number of nitrogens with zero attached hydrogens (tertiary/aromatic N) is 3. The standard InChI is InChI=1S/C22H22FN3OS/c1-15-12-19(26-10-6-7-11-26)18(23)13-16(15)14-20-21(27)25(2)22(28-20)24-17-8-4-3-5-9-17/h3-5,8-9,12-14H,6-7,10-11H2,1-2H3. The van der Waals surface area contributed by atoms with Gasteiger partial charge in [-0.1, -0.05) is 18.2 Å². The Morgan fingerprint density at radius 3 is 2.57 bits per heavy atom. The highest BCUT2D eigenvalue weighted by molar-refractivity contribution is 8.18. The minimum atomic E-state index is -0.235. The van der Waals surface area contributed by atoms with Gasteiger partial charge in [0.25, 0.3) is 5.91 Å². The van der Waals surface area contributed by atoms with Crippen molar-refractivity contribution in [1.29, 1.82) is 0 Å². The summed E-state index contributed by atoms with van der Waals surface area (Å²) < 4.78 is 14.7. The zero-order chi connectivity index (χ0) is 19.7. The molecule has 6 heteroatoms. The van der Waals surface area contributed by atoms with Crippen LogP contribution in [0.2, 0.25) is 0 Å². The van der Waals surface area contributed by atoms with Crippen molar-refractivity contribution in [2.45, 2.75) is 19.8 Å². The van der Waals surface area contributed by atoms with Gasteiger partial charge in [0.1, 0.15) is 5.82 Å². The van der Waals surface area contributed by atoms with Crippen molar-refractivity contribution in [2.75, 3.05) is 25.0 Å². The number of thioether (sulfide) groups is 1. The molecule has 2 saturated heterocycles. The first-order valence-electron chi connectivity index (χ1n) is 9.39. The van der Waals surface area contributed by atoms with E-state index in [2.05, 4.69) is 9.89 Å². The molecule has 0 N–H and O–H groups in total. The second-order valence-electron chi connectivity index (χ2n) is 7.06. The van der Waals surface area contributed by atoms with Gasteiger partial charge in [-0.05, 0) is 73.0 Å². The second-order valence-corrected chi connectivity index (χ2v) is 8.07. The molecule has 4 rings (SSSR count). The molecule has 2 aromatic rings. The Morgan fingerprint density at radius 2 is 1.86 bits per heavy atom. The third-order valence-corrected chi connectivity index (χ3v) is 6.11. The lowest BCUT2D eigenvalue weighted by molar-refractivity contribution is -0.121. The number of amides is 1. The molecule has 2 heterocycles. The van der Waals surface area contributed by atoms with E-state index in [9.17, 15) is 9.18 Å². The fourth-order valence-electron chi connectivity index (χ4n) is 3.44. The number of aliphatic imine (C=N–C) groups is 1. The SMILES string of the molecule is Cc1cc(N2CCCC2)c(F)cc1C=C1SC(=Nc2ccccc2)N(C)C1=O. The molecule has 2 aliphatic rings. The van der Waals surface area contributed by atoms with Crippen LogP contribution in [0.15, 0.2) is 52.4 Å². The van der Waals surface area contributed by atoms with E-state index in [1.54, 1.807) is 13.1 Å². The quantitative estimate of drug-likeness (QED) is 0.689. The molecule has 2 fully saturated rings. The van der Waals surface area contributed by atoms with Crippen LogP contribution in [-0.2, 0) is 4.79 Å². The summed E-state index contributed by atoms with van der Waals surface area (Å²) >= 11 is 1.32. The lowest BCUT2D eigenvalue weighted by atomic mass is 10.1. The molecule has 0 bridgehead atoms. The molecule has 4 nitrogen and oxygen atoms in total. The van der Waals surface area contributed by atoms with Gasteiger partial charge in [0.05, 0.1) is 16.3 Å². The van der Waals surface area contributed by atoms with Gasteiger partial charge < -0.3 is 4.90 Å². The van der Waals surface area contributed by atoms with Crippen molar-refractivity contribution < 1.29 is 9.18 Å². The zero-order valence-corrected chi connectivity index (χ0v) is 16.8. The van der Waals surface area contributed by atoms with Crippen molar-refractivity contribution in [3.05, 3.63) is 64.3 Å². The molecule has 0 spiro atoms. The number of carbonyl (C=O) groups excluding carboxylic acids is 1. The Bertz CT molecular complexity index is 965. The van der Waals surface area contributed by atoms with Crippen molar-refractivity contribution in [3.63, 3.8) is 0 Å². The van der Waals surface area contributed by atoms with E-state index in [4.69, 9.17) is 0 Å². The number of anilines is 1. The minimum absolute atomic E-state index is 0.122. The Balaban J connectivity index is 1.63. The second kappa shape index (κ2) is 7.80. The third kappa shape index (κ3) is 3.69. The summed E-state index contributed by atoms with van der Waals surface area (Å²) in [6.45, 7) is 3.75. The molecule has 28 heavy (non-hydrogen) atoms. The molecule has 0 radical (unpaired) electrons. The van der Waals surface area contributed by atoms with Crippen molar-refractivity contribution in [2.24, 2.45) is 4.99 Å². The molecule has 2 aromatic carbocycles. The zero-order valence-electron chi connectivity index (χ0n) is 16.0. The summed E-state index contributed by atoms with van der Waals surface area (Å²) in [4.78, 5) is 21.4. The van der Waals surface area contributed by atoms with Gasteiger partial charge in [0, 0.05) is 20.1 Å². The number of aryl methyl sites for hydroxylation is 1. The maximum Gasteiger partial charge on any atom is 0.266 e. The van der Waals surface area contributed by atoms with Gasteiger partial charge in [-0.15, -0.1) is 0 Å². The molecular formula is C22H22FN3OS. The monoisotopic (exact) mass is 395 g/mol. The van der Waals surface area contributed by atoms with Crippen LogP contribution in [0.5, 0.6) is 0 Å². The molecule has 0 saturated carbocycles. The predicted molar refractivity (Wildman–Crippen MR) is 114 cm³/mol. The molecule has 0 aliphatic carbocycles. The summed E-state index contributed by atoms with van der Waals surface area (Å²) in [6, 6.07) is 13.0. The fraction of sp³-hybridized carbons (Fsp3) is 0.273. The average molecular weight is 396 g/mol. The van der Waals surface area contributed by atoms with Gasteiger partial charge in [-0.3, -0.25) is 9.69 Å². The Morgan fingerprint density at radius 1 is 1.14 bits per heavy atom. The first-order valence-corrected chi connectivity index (χ1v) is 10.2. The number of para-hydroxylation sites is 1. The van der Waals surface area contributed by atoms with Gasteiger partial charge in [-0.25, -0.2) is 9.38 Å². The number of hydrogen-bond acceptors (Lipinski definition) is 4. The highest BCUT2D eigenvalue weighted by atomic mass is 32.2. The predicted octanol–water partition coefficient (Wildman–Crippen LogP) is 4.97. The number of benzene rings is 2. The van der Waals surface area contributed by atoms with Crippen LogP contribution >= 0.6 is 11.8 Å². The summed E-state index contributed by atoms with van der Waals surface area (Å²) in [6.07, 6.45) is 3.97. The van der Waals surface area contributed by atoms with E-state index < -0.39 is 0 Å². The minimum Gasteiger partial charge on any atom is -0.369 e. The average Bonchev–Trinajstić information content (AvgIpc) is 3.31.